The van der Waals surface area contributed by atoms with Crippen LogP contribution in [0, 0.1) is 0 Å². The molecule has 0 bridgehead atoms. The van der Waals surface area contributed by atoms with Crippen molar-refractivity contribution in [2.45, 2.75) is 154 Å². The van der Waals surface area contributed by atoms with Gasteiger partial charge >= 0.3 is 5.97 Å². The predicted octanol–water partition coefficient (Wildman–Crippen LogP) is 7.69. The Balaban J connectivity index is 3.11. The second kappa shape index (κ2) is 25.4. The number of carbonyl (C=O) groups excluding carboxylic acids is 2. The van der Waals surface area contributed by atoms with E-state index in [2.05, 4.69) is 6.92 Å². The van der Waals surface area contributed by atoms with Crippen molar-refractivity contribution in [1.82, 2.24) is 0 Å². The van der Waals surface area contributed by atoms with E-state index in [1.807, 2.05) is 0 Å². The van der Waals surface area contributed by atoms with Crippen LogP contribution in [0.15, 0.2) is 0 Å². The summed E-state index contributed by atoms with van der Waals surface area (Å²) < 4.78 is 4.82. The Kier molecular flexibility index (Phi) is 24.6. The predicted molar refractivity (Wildman–Crippen MR) is 130 cm³/mol. The summed E-state index contributed by atoms with van der Waals surface area (Å²) >= 11 is 0. The van der Waals surface area contributed by atoms with E-state index in [4.69, 9.17) is 9.84 Å². The molecule has 0 aromatic carbocycles. The lowest BCUT2D eigenvalue weighted by molar-refractivity contribution is -0.147. The Bertz CT molecular complexity index is 383. The Morgan fingerprint density at radius 3 is 1.29 bits per heavy atom. The Labute approximate surface area is 192 Å². The van der Waals surface area contributed by atoms with E-state index in [0.717, 1.165) is 12.8 Å². The van der Waals surface area contributed by atoms with Gasteiger partial charge in [-0.1, -0.05) is 135 Å². The van der Waals surface area contributed by atoms with Crippen molar-refractivity contribution in [3.05, 3.63) is 0 Å². The van der Waals surface area contributed by atoms with Gasteiger partial charge in [0.1, 0.15) is 12.7 Å². The average molecular weight is 441 g/mol. The van der Waals surface area contributed by atoms with E-state index in [9.17, 15) is 9.59 Å². The van der Waals surface area contributed by atoms with Gasteiger partial charge in [0.15, 0.2) is 6.29 Å². The van der Waals surface area contributed by atoms with E-state index < -0.39 is 6.10 Å². The Morgan fingerprint density at radius 1 is 0.645 bits per heavy atom. The summed E-state index contributed by atoms with van der Waals surface area (Å²) in [5.74, 6) is -0.321. The summed E-state index contributed by atoms with van der Waals surface area (Å²) in [6, 6.07) is 0. The minimum absolute atomic E-state index is 0.221. The van der Waals surface area contributed by atoms with Crippen LogP contribution < -0.4 is 0 Å². The molecule has 0 aromatic heterocycles. The maximum Gasteiger partial charge on any atom is 0.305 e. The van der Waals surface area contributed by atoms with Crippen LogP contribution in [0.2, 0.25) is 0 Å². The number of unbranched alkanes of at least 4 members (excludes halogenated alkanes) is 20. The summed E-state index contributed by atoms with van der Waals surface area (Å²) in [4.78, 5) is 21.6. The maximum atomic E-state index is 11.4. The highest BCUT2D eigenvalue weighted by molar-refractivity contribution is 5.69. The fraction of sp³-hybridized carbons (Fsp3) is 0.926. The van der Waals surface area contributed by atoms with E-state index in [1.54, 1.807) is 0 Å². The second-order valence-corrected chi connectivity index (χ2v) is 9.21. The number of hydrogen-bond donors (Lipinski definition) is 1. The molecule has 0 aromatic rings. The van der Waals surface area contributed by atoms with Gasteiger partial charge in [-0.3, -0.25) is 4.79 Å². The Hall–Kier alpha value is -0.900. The molecule has 1 atom stereocenters. The first-order valence-electron chi connectivity index (χ1n) is 13.5. The minimum atomic E-state index is -1.19. The van der Waals surface area contributed by atoms with Crippen molar-refractivity contribution in [1.29, 1.82) is 0 Å². The van der Waals surface area contributed by atoms with E-state index in [0.29, 0.717) is 12.7 Å². The minimum Gasteiger partial charge on any atom is -0.462 e. The van der Waals surface area contributed by atoms with Gasteiger partial charge in [-0.2, -0.15) is 0 Å². The zero-order valence-corrected chi connectivity index (χ0v) is 20.6. The maximum absolute atomic E-state index is 11.4. The van der Waals surface area contributed by atoms with Crippen molar-refractivity contribution in [2.75, 3.05) is 6.61 Å². The molecule has 0 rings (SSSR count). The van der Waals surface area contributed by atoms with E-state index >= 15 is 0 Å². The summed E-state index contributed by atoms with van der Waals surface area (Å²) in [6.45, 7) is 2.06. The van der Waals surface area contributed by atoms with Crippen LogP contribution in [0.1, 0.15) is 148 Å². The van der Waals surface area contributed by atoms with Crippen molar-refractivity contribution >= 4 is 12.3 Å². The summed E-state index contributed by atoms with van der Waals surface area (Å²) in [7, 11) is 0. The van der Waals surface area contributed by atoms with E-state index in [-0.39, 0.29) is 12.6 Å². The van der Waals surface area contributed by atoms with Crippen LogP contribution in [-0.4, -0.2) is 30.1 Å². The molecule has 0 saturated heterocycles. The second-order valence-electron chi connectivity index (χ2n) is 9.21. The lowest BCUT2D eigenvalue weighted by atomic mass is 10.0. The quantitative estimate of drug-likeness (QED) is 0.0897. The number of aliphatic hydroxyl groups is 1. The molecule has 1 unspecified atom stereocenters. The molecular formula is C27H52O4. The lowest BCUT2D eigenvalue weighted by Gasteiger charge is -2.06. The van der Waals surface area contributed by atoms with Gasteiger partial charge in [-0.05, 0) is 6.42 Å². The van der Waals surface area contributed by atoms with Gasteiger partial charge in [-0.25, -0.2) is 0 Å². The third kappa shape index (κ3) is 25.2. The molecule has 31 heavy (non-hydrogen) atoms. The van der Waals surface area contributed by atoms with E-state index in [1.165, 1.54) is 122 Å². The van der Waals surface area contributed by atoms with Crippen LogP contribution in [0.25, 0.3) is 0 Å². The Morgan fingerprint density at radius 2 is 0.968 bits per heavy atom. The van der Waals surface area contributed by atoms with Crippen LogP contribution in [0.3, 0.4) is 0 Å². The summed E-state index contributed by atoms with van der Waals surface area (Å²) in [5.41, 5.74) is 0. The number of esters is 1. The highest BCUT2D eigenvalue weighted by Gasteiger charge is 2.07. The fourth-order valence-electron chi connectivity index (χ4n) is 3.99. The smallest absolute Gasteiger partial charge is 0.305 e. The molecule has 0 aliphatic carbocycles. The molecule has 0 radical (unpaired) electrons. The fourth-order valence-corrected chi connectivity index (χ4v) is 3.99. The summed E-state index contributed by atoms with van der Waals surface area (Å²) in [5, 5.41) is 9.01. The molecule has 4 heteroatoms. The van der Waals surface area contributed by atoms with Crippen molar-refractivity contribution in [3.63, 3.8) is 0 Å². The van der Waals surface area contributed by atoms with Gasteiger partial charge in [0.05, 0.1) is 0 Å². The number of aldehydes is 1. The highest BCUT2D eigenvalue weighted by Crippen LogP contribution is 2.15. The molecule has 0 fully saturated rings. The molecule has 0 saturated carbocycles. The SMILES string of the molecule is CCCCCCCCCCCCCCCCCCCCCCCC(=O)OCC(O)C=O. The number of carbonyl (C=O) groups is 2. The topological polar surface area (TPSA) is 63.6 Å². The number of rotatable bonds is 25. The molecule has 184 valence electrons. The van der Waals surface area contributed by atoms with Gasteiger partial charge < -0.3 is 14.6 Å². The number of aliphatic hydroxyl groups excluding tert-OH is 1. The first-order chi connectivity index (χ1) is 15.2. The molecule has 1 N–H and O–H groups in total. The first-order valence-corrected chi connectivity index (χ1v) is 13.5. The molecule has 0 aliphatic rings. The zero-order valence-electron chi connectivity index (χ0n) is 20.6. The van der Waals surface area contributed by atoms with Gasteiger partial charge in [0.25, 0.3) is 0 Å². The molecule has 0 amide bonds. The van der Waals surface area contributed by atoms with Crippen molar-refractivity contribution < 1.29 is 19.4 Å². The van der Waals surface area contributed by atoms with Crippen LogP contribution >= 0.6 is 0 Å². The van der Waals surface area contributed by atoms with Gasteiger partial charge in [0.2, 0.25) is 0 Å². The van der Waals surface area contributed by atoms with Crippen LogP contribution in [0.4, 0.5) is 0 Å². The van der Waals surface area contributed by atoms with Gasteiger partial charge in [-0.15, -0.1) is 0 Å². The highest BCUT2D eigenvalue weighted by atomic mass is 16.5. The molecular weight excluding hydrogens is 388 g/mol. The first kappa shape index (κ1) is 30.1. The molecule has 0 aliphatic heterocycles. The summed E-state index contributed by atoms with van der Waals surface area (Å²) in [6.07, 6.45) is 27.8. The molecule has 0 spiro atoms. The molecule has 0 heterocycles. The lowest BCUT2D eigenvalue weighted by Crippen LogP contribution is -2.19. The number of ether oxygens (including phenoxy) is 1. The monoisotopic (exact) mass is 440 g/mol. The van der Waals surface area contributed by atoms with Crippen LogP contribution in [-0.2, 0) is 14.3 Å². The van der Waals surface area contributed by atoms with Crippen LogP contribution in [0.5, 0.6) is 0 Å². The largest absolute Gasteiger partial charge is 0.462 e. The van der Waals surface area contributed by atoms with Crippen molar-refractivity contribution in [2.24, 2.45) is 0 Å². The average Bonchev–Trinajstić information content (AvgIpc) is 2.78. The third-order valence-electron chi connectivity index (χ3n) is 6.06. The van der Waals surface area contributed by atoms with Gasteiger partial charge in [0, 0.05) is 6.42 Å². The number of hydrogen-bond acceptors (Lipinski definition) is 4. The standard InChI is InChI=1S/C27H52O4/c1-2-3-4-5-6-7-8-9-10-11-12-13-14-15-16-17-18-19-20-21-22-23-27(30)31-25-26(29)24-28/h24,26,29H,2-23,25H2,1H3. The third-order valence-corrected chi connectivity index (χ3v) is 6.06. The normalized spacial score (nSPS) is 12.1. The van der Waals surface area contributed by atoms with Crippen molar-refractivity contribution in [3.8, 4) is 0 Å². The molecule has 4 nitrogen and oxygen atoms in total. The zero-order chi connectivity index (χ0) is 22.8.